The number of nitrogens with one attached hydrogen (secondary N) is 2. The van der Waals surface area contributed by atoms with Crippen LogP contribution in [0.5, 0.6) is 5.75 Å². The number of hydrogen-bond acceptors (Lipinski definition) is 5. The molecule has 0 atom stereocenters. The molecule has 0 radical (unpaired) electrons. The van der Waals surface area contributed by atoms with Crippen LogP contribution in [0.2, 0.25) is 0 Å². The van der Waals surface area contributed by atoms with E-state index in [0.717, 1.165) is 24.2 Å². The molecule has 2 heterocycles. The lowest BCUT2D eigenvalue weighted by atomic mass is 10.1. The lowest BCUT2D eigenvalue weighted by molar-refractivity contribution is -0.118. The summed E-state index contributed by atoms with van der Waals surface area (Å²) in [6.45, 7) is 2.27. The van der Waals surface area contributed by atoms with E-state index in [1.165, 1.54) is 5.56 Å². The van der Waals surface area contributed by atoms with Crippen molar-refractivity contribution in [2.24, 2.45) is 5.73 Å². The summed E-state index contributed by atoms with van der Waals surface area (Å²) in [5.74, 6) is 0.899. The summed E-state index contributed by atoms with van der Waals surface area (Å²) in [4.78, 5) is 15.5. The van der Waals surface area contributed by atoms with Gasteiger partial charge in [-0.15, -0.1) is 0 Å². The molecule has 4 N–H and O–H groups in total. The Bertz CT molecular complexity index is 670. The van der Waals surface area contributed by atoms with Crippen molar-refractivity contribution in [1.29, 1.82) is 0 Å². The largest absolute Gasteiger partial charge is 0.480 e. The highest BCUT2D eigenvalue weighted by Crippen LogP contribution is 2.30. The molecule has 0 spiro atoms. The first kappa shape index (κ1) is 14.5. The number of anilines is 1. The zero-order chi connectivity index (χ0) is 15.4. The summed E-state index contributed by atoms with van der Waals surface area (Å²) >= 11 is 0. The molecular formula is C16H18N4O2. The van der Waals surface area contributed by atoms with Crippen LogP contribution in [0.15, 0.2) is 36.5 Å². The van der Waals surface area contributed by atoms with Gasteiger partial charge in [0, 0.05) is 31.4 Å². The summed E-state index contributed by atoms with van der Waals surface area (Å²) in [7, 11) is 0. The molecule has 0 saturated heterocycles. The van der Waals surface area contributed by atoms with Crippen molar-refractivity contribution < 1.29 is 9.53 Å². The Morgan fingerprint density at radius 2 is 2.09 bits per heavy atom. The topological polar surface area (TPSA) is 89.3 Å². The second-order valence-corrected chi connectivity index (χ2v) is 5.07. The molecule has 1 aromatic heterocycles. The molecule has 0 unspecified atom stereocenters. The quantitative estimate of drug-likeness (QED) is 0.720. The van der Waals surface area contributed by atoms with E-state index in [0.29, 0.717) is 18.1 Å². The average molecular weight is 298 g/mol. The molecule has 0 bridgehead atoms. The third-order valence-corrected chi connectivity index (χ3v) is 3.41. The molecule has 1 aromatic carbocycles. The fourth-order valence-electron chi connectivity index (χ4n) is 2.27. The van der Waals surface area contributed by atoms with Gasteiger partial charge in [0.2, 0.25) is 0 Å². The highest BCUT2D eigenvalue weighted by molar-refractivity contribution is 5.94. The van der Waals surface area contributed by atoms with Gasteiger partial charge in [0.05, 0.1) is 0 Å². The molecule has 114 valence electrons. The number of carbonyl (C=O) groups is 1. The van der Waals surface area contributed by atoms with Crippen LogP contribution in [0.25, 0.3) is 11.1 Å². The molecule has 0 fully saturated rings. The van der Waals surface area contributed by atoms with E-state index in [1.807, 2.05) is 18.2 Å². The molecule has 6 nitrogen and oxygen atoms in total. The van der Waals surface area contributed by atoms with Crippen LogP contribution in [0.4, 0.5) is 5.82 Å². The number of carbonyl (C=O) groups excluding carboxylic acids is 1. The second-order valence-electron chi connectivity index (χ2n) is 5.07. The predicted octanol–water partition coefficient (Wildman–Crippen LogP) is 1.13. The van der Waals surface area contributed by atoms with Gasteiger partial charge < -0.3 is 21.1 Å². The number of benzene rings is 1. The van der Waals surface area contributed by atoms with Crippen LogP contribution in [0.3, 0.4) is 0 Å². The van der Waals surface area contributed by atoms with Gasteiger partial charge in [-0.2, -0.15) is 0 Å². The highest BCUT2D eigenvalue weighted by atomic mass is 16.5. The second kappa shape index (κ2) is 6.55. The minimum atomic E-state index is -0.179. The minimum Gasteiger partial charge on any atom is -0.480 e. The van der Waals surface area contributed by atoms with Crippen LogP contribution in [-0.2, 0) is 11.3 Å². The Hall–Kier alpha value is -2.44. The van der Waals surface area contributed by atoms with Gasteiger partial charge in [0.1, 0.15) is 0 Å². The molecule has 2 aromatic rings. The summed E-state index contributed by atoms with van der Waals surface area (Å²) < 4.78 is 5.39. The number of nitrogens with zero attached hydrogens (tertiary/aromatic N) is 1. The number of aromatic nitrogens is 1. The molecule has 0 saturated carbocycles. The summed E-state index contributed by atoms with van der Waals surface area (Å²) in [5, 5.41) is 5.94. The number of rotatable bonds is 5. The van der Waals surface area contributed by atoms with E-state index >= 15 is 0 Å². The van der Waals surface area contributed by atoms with Crippen LogP contribution in [0, 0.1) is 0 Å². The van der Waals surface area contributed by atoms with Crippen molar-refractivity contribution >= 4 is 11.7 Å². The first-order chi connectivity index (χ1) is 10.8. The molecule has 0 aliphatic carbocycles. The zero-order valence-corrected chi connectivity index (χ0v) is 12.1. The molecule has 1 aliphatic heterocycles. The van der Waals surface area contributed by atoms with Crippen molar-refractivity contribution in [3.8, 4) is 16.9 Å². The normalized spacial score (nSPS) is 13.2. The lowest BCUT2D eigenvalue weighted by Gasteiger charge is -2.17. The van der Waals surface area contributed by atoms with Crippen LogP contribution in [0.1, 0.15) is 5.56 Å². The fourth-order valence-corrected chi connectivity index (χ4v) is 2.27. The third-order valence-electron chi connectivity index (χ3n) is 3.41. The molecule has 22 heavy (non-hydrogen) atoms. The maximum absolute atomic E-state index is 11.2. The first-order valence-electron chi connectivity index (χ1n) is 7.19. The van der Waals surface area contributed by atoms with E-state index in [4.69, 9.17) is 10.5 Å². The van der Waals surface area contributed by atoms with Crippen LogP contribution in [-0.4, -0.2) is 30.6 Å². The predicted molar refractivity (Wildman–Crippen MR) is 84.6 cm³/mol. The third kappa shape index (κ3) is 3.24. The van der Waals surface area contributed by atoms with Gasteiger partial charge in [-0.25, -0.2) is 4.98 Å². The monoisotopic (exact) mass is 298 g/mol. The maximum atomic E-state index is 11.2. The number of pyridine rings is 1. The van der Waals surface area contributed by atoms with Crippen molar-refractivity contribution in [2.45, 2.75) is 6.54 Å². The molecular weight excluding hydrogens is 280 g/mol. The molecule has 6 heteroatoms. The van der Waals surface area contributed by atoms with Gasteiger partial charge in [0.15, 0.2) is 18.2 Å². The maximum Gasteiger partial charge on any atom is 0.263 e. The summed E-state index contributed by atoms with van der Waals surface area (Å²) in [6.07, 6.45) is 1.73. The van der Waals surface area contributed by atoms with Gasteiger partial charge in [-0.05, 0) is 17.2 Å². The summed E-state index contributed by atoms with van der Waals surface area (Å²) in [5.41, 5.74) is 8.66. The average Bonchev–Trinajstić information content (AvgIpc) is 2.55. The van der Waals surface area contributed by atoms with Gasteiger partial charge in [-0.1, -0.05) is 24.3 Å². The van der Waals surface area contributed by atoms with Gasteiger partial charge >= 0.3 is 0 Å². The van der Waals surface area contributed by atoms with E-state index in [9.17, 15) is 4.79 Å². The fraction of sp³-hybridized carbons (Fsp3) is 0.250. The molecule has 1 amide bonds. The standard InChI is InChI=1S/C16H18N4O2/c17-5-6-18-8-11-1-3-12(4-2-11)13-7-14-16(19-9-13)20-15(21)10-22-14/h1-4,7,9,18H,5-6,8,10,17H2,(H,19,20,21). The van der Waals surface area contributed by atoms with E-state index in [1.54, 1.807) is 6.20 Å². The minimum absolute atomic E-state index is 0.0316. The van der Waals surface area contributed by atoms with Crippen molar-refractivity contribution in [3.05, 3.63) is 42.1 Å². The Balaban J connectivity index is 1.75. The zero-order valence-electron chi connectivity index (χ0n) is 12.1. The lowest BCUT2D eigenvalue weighted by Crippen LogP contribution is -2.26. The SMILES string of the molecule is NCCNCc1ccc(-c2cnc3c(c2)OCC(=O)N3)cc1. The van der Waals surface area contributed by atoms with Crippen molar-refractivity contribution in [3.63, 3.8) is 0 Å². The smallest absolute Gasteiger partial charge is 0.263 e. The van der Waals surface area contributed by atoms with Gasteiger partial charge in [0.25, 0.3) is 5.91 Å². The first-order valence-corrected chi connectivity index (χ1v) is 7.19. The highest BCUT2D eigenvalue weighted by Gasteiger charge is 2.17. The Kier molecular flexibility index (Phi) is 4.32. The van der Waals surface area contributed by atoms with Crippen LogP contribution >= 0.6 is 0 Å². The van der Waals surface area contributed by atoms with Crippen LogP contribution < -0.4 is 21.1 Å². The number of ether oxygens (including phenoxy) is 1. The Morgan fingerprint density at radius 3 is 2.86 bits per heavy atom. The van der Waals surface area contributed by atoms with E-state index < -0.39 is 0 Å². The number of amides is 1. The van der Waals surface area contributed by atoms with Gasteiger partial charge in [-0.3, -0.25) is 4.79 Å². The molecule has 3 rings (SSSR count). The Morgan fingerprint density at radius 1 is 1.27 bits per heavy atom. The van der Waals surface area contributed by atoms with E-state index in [2.05, 4.69) is 27.8 Å². The number of nitrogens with two attached hydrogens (primary N) is 1. The molecule has 1 aliphatic rings. The van der Waals surface area contributed by atoms with E-state index in [-0.39, 0.29) is 12.5 Å². The number of fused-ring (bicyclic) bond motifs is 1. The van der Waals surface area contributed by atoms with Crippen molar-refractivity contribution in [1.82, 2.24) is 10.3 Å². The Labute approximate surface area is 128 Å². The van der Waals surface area contributed by atoms with Crippen molar-refractivity contribution in [2.75, 3.05) is 25.0 Å². The number of hydrogen-bond donors (Lipinski definition) is 3. The summed E-state index contributed by atoms with van der Waals surface area (Å²) in [6, 6.07) is 10.1.